The summed E-state index contributed by atoms with van der Waals surface area (Å²) in [6, 6.07) is 2.31. The number of hydrogen-bond acceptors (Lipinski definition) is 9. The lowest BCUT2D eigenvalue weighted by Gasteiger charge is -2.31. The van der Waals surface area contributed by atoms with Gasteiger partial charge in [-0.05, 0) is 64.6 Å². The van der Waals surface area contributed by atoms with Crippen LogP contribution in [-0.4, -0.2) is 30.8 Å². The molecule has 11 nitrogen and oxygen atoms in total. The second-order valence-corrected chi connectivity index (χ2v) is 15.7. The van der Waals surface area contributed by atoms with Crippen LogP contribution in [0.15, 0.2) is 43.5 Å². The lowest BCUT2D eigenvalue weighted by Crippen LogP contribution is -2.36. The largest absolute Gasteiger partial charge is 0.477 e. The van der Waals surface area contributed by atoms with E-state index in [2.05, 4.69) is 4.99 Å². The molecule has 0 N–H and O–H groups in total. The van der Waals surface area contributed by atoms with Crippen LogP contribution in [0.3, 0.4) is 0 Å². The van der Waals surface area contributed by atoms with Crippen LogP contribution in [-0.2, 0) is 56.4 Å². The van der Waals surface area contributed by atoms with Crippen LogP contribution in [0.1, 0.15) is 52.7 Å². The first-order valence-electron chi connectivity index (χ1n) is 13.9. The number of carbonyl (C=O) groups is 1. The van der Waals surface area contributed by atoms with Gasteiger partial charge in [-0.3, -0.25) is 36.9 Å². The Labute approximate surface area is 274 Å². The first-order chi connectivity index (χ1) is 21.5. The molecule has 47 heavy (non-hydrogen) atoms. The van der Waals surface area contributed by atoms with Gasteiger partial charge in [0.1, 0.15) is 17.4 Å². The first-order valence-corrected chi connectivity index (χ1v) is 17.2. The molecular weight excluding hydrogens is 687 g/mol. The highest BCUT2D eigenvalue weighted by molar-refractivity contribution is 7.48. The predicted molar refractivity (Wildman–Crippen MR) is 170 cm³/mol. The number of aryl methyl sites for hydroxylation is 1. The fourth-order valence-electron chi connectivity index (χ4n) is 4.41. The van der Waals surface area contributed by atoms with E-state index in [4.69, 9.17) is 13.6 Å². The molecule has 0 saturated heterocycles. The van der Waals surface area contributed by atoms with Gasteiger partial charge in [0.15, 0.2) is 4.80 Å². The van der Waals surface area contributed by atoms with Crippen LogP contribution < -0.4 is 16.1 Å². The summed E-state index contributed by atoms with van der Waals surface area (Å²) in [4.78, 5) is 43.0. The van der Waals surface area contributed by atoms with Crippen molar-refractivity contribution in [3.63, 3.8) is 0 Å². The van der Waals surface area contributed by atoms with Crippen molar-refractivity contribution in [2.24, 2.45) is 19.1 Å². The molecule has 0 saturated carbocycles. The Morgan fingerprint density at radius 2 is 1.57 bits per heavy atom. The smallest absolute Gasteiger partial charge is 0.292 e. The zero-order valence-corrected chi connectivity index (χ0v) is 29.3. The van der Waals surface area contributed by atoms with Gasteiger partial charge in [-0.25, -0.2) is 13.8 Å². The van der Waals surface area contributed by atoms with Gasteiger partial charge in [0.2, 0.25) is 0 Å². The van der Waals surface area contributed by atoms with Gasteiger partial charge < -0.3 is 0 Å². The minimum Gasteiger partial charge on any atom is -0.292 e. The number of rotatable bonds is 8. The Morgan fingerprint density at radius 3 is 2.13 bits per heavy atom. The van der Waals surface area contributed by atoms with Gasteiger partial charge in [0.25, 0.3) is 11.5 Å². The molecule has 4 aromatic rings. The molecule has 0 radical (unpaired) electrons. The van der Waals surface area contributed by atoms with Crippen molar-refractivity contribution in [3.8, 4) is 11.3 Å². The van der Waals surface area contributed by atoms with Crippen LogP contribution in [0, 0.1) is 5.82 Å². The second-order valence-electron chi connectivity index (χ2n) is 12.5. The molecular formula is C29H33F4N4O7PS2. The molecule has 0 aliphatic rings. The lowest BCUT2D eigenvalue weighted by atomic mass is 10.1. The zero-order valence-electron chi connectivity index (χ0n) is 26.7. The summed E-state index contributed by atoms with van der Waals surface area (Å²) in [5, 5.41) is 3.18. The number of alkyl halides is 3. The van der Waals surface area contributed by atoms with Crippen molar-refractivity contribution in [2.45, 2.75) is 72.1 Å². The van der Waals surface area contributed by atoms with Gasteiger partial charge in [-0.1, -0.05) is 6.07 Å². The van der Waals surface area contributed by atoms with Crippen LogP contribution >= 0.6 is 30.5 Å². The highest BCUT2D eigenvalue weighted by Crippen LogP contribution is 2.55. The number of carbonyl (C=O) groups excluding carboxylic acids is 1. The summed E-state index contributed by atoms with van der Waals surface area (Å²) < 4.78 is 88.6. The van der Waals surface area contributed by atoms with E-state index in [-0.39, 0.29) is 27.9 Å². The van der Waals surface area contributed by atoms with Crippen molar-refractivity contribution in [2.75, 3.05) is 0 Å². The number of hydrogen-bond donors (Lipinski definition) is 0. The van der Waals surface area contributed by atoms with E-state index >= 15 is 0 Å². The van der Waals surface area contributed by atoms with E-state index < -0.39 is 60.5 Å². The number of nitrogens with zero attached hydrogens (tertiary/aromatic N) is 4. The van der Waals surface area contributed by atoms with Gasteiger partial charge >= 0.3 is 19.7 Å². The van der Waals surface area contributed by atoms with E-state index in [0.29, 0.717) is 22.5 Å². The molecule has 0 atom stereocenters. The van der Waals surface area contributed by atoms with E-state index in [1.807, 2.05) is 0 Å². The third-order valence-corrected chi connectivity index (χ3v) is 10.2. The third-order valence-electron chi connectivity index (χ3n) is 6.29. The zero-order chi connectivity index (χ0) is 35.3. The Kier molecular flexibility index (Phi) is 10.1. The lowest BCUT2D eigenvalue weighted by molar-refractivity contribution is -0.140. The van der Waals surface area contributed by atoms with Gasteiger partial charge in [0.05, 0.1) is 34.3 Å². The van der Waals surface area contributed by atoms with Crippen LogP contribution in [0.2, 0.25) is 0 Å². The first kappa shape index (κ1) is 36.6. The summed E-state index contributed by atoms with van der Waals surface area (Å²) in [5.74, 6) is -2.25. The summed E-state index contributed by atoms with van der Waals surface area (Å²) in [5.41, 5.74) is -4.14. The number of halogens is 4. The summed E-state index contributed by atoms with van der Waals surface area (Å²) in [6.07, 6.45) is -5.27. The SMILES string of the molecule is Cn1c(=O)c2c(CC(=O)N=c3scc(-c4ccc(C(F)(F)F)c(F)c4)n3COP(=O)(OC(C)(C)C)OC(C)(C)C)csc2n(C)c1=O. The van der Waals surface area contributed by atoms with Crippen LogP contribution in [0.4, 0.5) is 17.6 Å². The fourth-order valence-corrected chi connectivity index (χ4v) is 8.09. The highest BCUT2D eigenvalue weighted by Gasteiger charge is 2.38. The maximum Gasteiger partial charge on any atom is 0.477 e. The summed E-state index contributed by atoms with van der Waals surface area (Å²) >= 11 is 2.00. The Balaban J connectivity index is 1.80. The standard InChI is InChI=1S/C29H33F4N4O7PS2/c1-27(2,3)43-45(41,44-28(4,5)6)42-15-37-20(16-9-10-18(19(30)11-16)29(31,32)33)14-47-25(37)34-21(38)12-17-13-46-24-22(17)23(39)35(7)26(40)36(24)8/h9-11,13-14H,12,15H2,1-8H3. The number of fused-ring (bicyclic) bond motifs is 1. The quantitative estimate of drug-likeness (QED) is 0.153. The number of phosphoric acid groups is 1. The molecule has 0 aliphatic carbocycles. The number of thiophene rings is 1. The topological polar surface area (TPSA) is 123 Å². The van der Waals surface area contributed by atoms with Crippen LogP contribution in [0.5, 0.6) is 0 Å². The van der Waals surface area contributed by atoms with Gasteiger partial charge in [-0.2, -0.15) is 18.2 Å². The predicted octanol–water partition coefficient (Wildman–Crippen LogP) is 6.37. The molecule has 3 heterocycles. The van der Waals surface area contributed by atoms with Crippen molar-refractivity contribution >= 4 is 46.6 Å². The molecule has 0 unspecified atom stereocenters. The van der Waals surface area contributed by atoms with E-state index in [0.717, 1.165) is 33.3 Å². The molecule has 0 spiro atoms. The van der Waals surface area contributed by atoms with Crippen molar-refractivity contribution in [1.29, 1.82) is 0 Å². The second kappa shape index (κ2) is 13.0. The van der Waals surface area contributed by atoms with Crippen molar-refractivity contribution < 1.29 is 40.5 Å². The molecule has 1 aromatic carbocycles. The number of thiazole rings is 1. The minimum atomic E-state index is -4.93. The van der Waals surface area contributed by atoms with E-state index in [9.17, 15) is 36.5 Å². The Hall–Kier alpha value is -3.21. The number of aromatic nitrogens is 3. The van der Waals surface area contributed by atoms with Crippen molar-refractivity contribution in [3.05, 3.63) is 71.5 Å². The normalized spacial score (nSPS) is 13.6. The van der Waals surface area contributed by atoms with Gasteiger partial charge in [0, 0.05) is 25.0 Å². The van der Waals surface area contributed by atoms with Gasteiger partial charge in [-0.15, -0.1) is 22.7 Å². The molecule has 256 valence electrons. The minimum absolute atomic E-state index is 0.0131. The number of phosphoric ester groups is 1. The third kappa shape index (κ3) is 8.45. The molecule has 4 rings (SSSR count). The maximum absolute atomic E-state index is 14.6. The molecule has 1 amide bonds. The highest BCUT2D eigenvalue weighted by atomic mass is 32.1. The molecule has 0 bridgehead atoms. The Morgan fingerprint density at radius 1 is 0.957 bits per heavy atom. The number of amides is 1. The fraction of sp³-hybridized carbons (Fsp3) is 0.448. The summed E-state index contributed by atoms with van der Waals surface area (Å²) in [7, 11) is -1.51. The average molecular weight is 721 g/mol. The average Bonchev–Trinajstić information content (AvgIpc) is 3.50. The molecule has 0 fully saturated rings. The van der Waals surface area contributed by atoms with E-state index in [1.165, 1.54) is 28.6 Å². The Bertz CT molecular complexity index is 2060. The molecule has 0 aliphatic heterocycles. The van der Waals surface area contributed by atoms with Crippen molar-refractivity contribution in [1.82, 2.24) is 13.7 Å². The summed E-state index contributed by atoms with van der Waals surface area (Å²) in [6.45, 7) is 9.14. The van der Waals surface area contributed by atoms with Crippen LogP contribution in [0.25, 0.3) is 21.5 Å². The molecule has 3 aromatic heterocycles. The molecule has 18 heteroatoms. The monoisotopic (exact) mass is 720 g/mol. The maximum atomic E-state index is 14.6. The van der Waals surface area contributed by atoms with E-state index in [1.54, 1.807) is 46.9 Å². The number of benzene rings is 1.